The second kappa shape index (κ2) is 6.49. The Balaban J connectivity index is 1.84. The molecule has 4 rings (SSSR count). The van der Waals surface area contributed by atoms with Crippen molar-refractivity contribution in [3.8, 4) is 11.4 Å². The highest BCUT2D eigenvalue weighted by Crippen LogP contribution is 2.27. The molecule has 0 radical (unpaired) electrons. The maximum Gasteiger partial charge on any atom is 0.162 e. The molecule has 1 saturated heterocycles. The second-order valence-electron chi connectivity index (χ2n) is 6.00. The number of hydrogen-bond acceptors (Lipinski definition) is 6. The summed E-state index contributed by atoms with van der Waals surface area (Å²) < 4.78 is 0. The van der Waals surface area contributed by atoms with E-state index in [1.165, 1.54) is 0 Å². The van der Waals surface area contributed by atoms with Gasteiger partial charge in [0.1, 0.15) is 5.82 Å². The van der Waals surface area contributed by atoms with Gasteiger partial charge in [0.2, 0.25) is 0 Å². The minimum absolute atomic E-state index is 0.495. The van der Waals surface area contributed by atoms with Crippen LogP contribution in [0.4, 0.5) is 5.82 Å². The zero-order valence-electron chi connectivity index (χ0n) is 13.7. The summed E-state index contributed by atoms with van der Waals surface area (Å²) >= 11 is 0. The summed E-state index contributed by atoms with van der Waals surface area (Å²) in [5.74, 6) is 1.72. The first-order valence-electron chi connectivity index (χ1n) is 8.35. The van der Waals surface area contributed by atoms with Crippen molar-refractivity contribution in [2.45, 2.75) is 19.4 Å². The van der Waals surface area contributed by atoms with E-state index in [1.807, 2.05) is 24.4 Å². The lowest BCUT2D eigenvalue weighted by Crippen LogP contribution is -2.50. The minimum Gasteiger partial charge on any atom is -0.353 e. The van der Waals surface area contributed by atoms with Gasteiger partial charge in [-0.15, -0.1) is 0 Å². The van der Waals surface area contributed by atoms with Crippen LogP contribution in [0, 0.1) is 0 Å². The second-order valence-corrected chi connectivity index (χ2v) is 6.00. The Labute approximate surface area is 141 Å². The van der Waals surface area contributed by atoms with Gasteiger partial charge in [-0.1, -0.05) is 6.92 Å². The van der Waals surface area contributed by atoms with Crippen molar-refractivity contribution in [2.24, 2.45) is 0 Å². The van der Waals surface area contributed by atoms with Crippen LogP contribution in [0.15, 0.2) is 43.0 Å². The van der Waals surface area contributed by atoms with Crippen molar-refractivity contribution < 1.29 is 0 Å². The van der Waals surface area contributed by atoms with E-state index in [0.717, 1.165) is 54.2 Å². The molecule has 0 unspecified atom stereocenters. The molecule has 0 spiro atoms. The molecule has 1 aliphatic rings. The molecule has 0 amide bonds. The summed E-state index contributed by atoms with van der Waals surface area (Å²) in [4.78, 5) is 20.3. The molecule has 0 saturated carbocycles. The van der Waals surface area contributed by atoms with E-state index < -0.39 is 0 Å². The Morgan fingerprint density at radius 3 is 2.79 bits per heavy atom. The number of rotatable bonds is 3. The van der Waals surface area contributed by atoms with Crippen molar-refractivity contribution in [3.63, 3.8) is 0 Å². The van der Waals surface area contributed by atoms with Gasteiger partial charge in [0, 0.05) is 55.2 Å². The average molecular weight is 320 g/mol. The number of aromatic nitrogens is 4. The van der Waals surface area contributed by atoms with Gasteiger partial charge in [0.15, 0.2) is 5.82 Å². The number of fused-ring (bicyclic) bond motifs is 1. The lowest BCUT2D eigenvalue weighted by molar-refractivity contribution is 0.445. The standard InChI is InChI=1S/C18H20N6/c1-2-14-12-24(10-9-21-14)18-15-5-8-20-11-16(15)22-17(23-18)13-3-6-19-7-4-13/h3-8,11,14,21H,2,9-10,12H2,1H3/t14-/m0/s1. The lowest BCUT2D eigenvalue weighted by atomic mass is 10.1. The fourth-order valence-electron chi connectivity index (χ4n) is 3.13. The normalized spacial score (nSPS) is 18.0. The number of piperazine rings is 1. The zero-order valence-corrected chi connectivity index (χ0v) is 13.7. The third-order valence-electron chi connectivity index (χ3n) is 4.47. The molecular weight excluding hydrogens is 300 g/mol. The first-order chi connectivity index (χ1) is 11.8. The molecule has 0 aromatic carbocycles. The number of anilines is 1. The number of nitrogens with zero attached hydrogens (tertiary/aromatic N) is 5. The van der Waals surface area contributed by atoms with E-state index in [-0.39, 0.29) is 0 Å². The van der Waals surface area contributed by atoms with Gasteiger partial charge in [-0.2, -0.15) is 0 Å². The third kappa shape index (κ3) is 2.80. The number of nitrogens with one attached hydrogen (secondary N) is 1. The van der Waals surface area contributed by atoms with E-state index in [4.69, 9.17) is 9.97 Å². The van der Waals surface area contributed by atoms with Gasteiger partial charge in [0.05, 0.1) is 11.7 Å². The first kappa shape index (κ1) is 15.0. The highest BCUT2D eigenvalue weighted by atomic mass is 15.3. The van der Waals surface area contributed by atoms with E-state index in [1.54, 1.807) is 18.6 Å². The third-order valence-corrected chi connectivity index (χ3v) is 4.47. The van der Waals surface area contributed by atoms with Crippen LogP contribution in [0.25, 0.3) is 22.3 Å². The molecule has 6 heteroatoms. The van der Waals surface area contributed by atoms with Gasteiger partial charge in [-0.25, -0.2) is 9.97 Å². The van der Waals surface area contributed by atoms with Crippen LogP contribution in [-0.4, -0.2) is 45.6 Å². The van der Waals surface area contributed by atoms with Gasteiger partial charge in [-0.3, -0.25) is 9.97 Å². The Bertz CT molecular complexity index is 835. The predicted octanol–water partition coefficient (Wildman–Crippen LogP) is 2.27. The van der Waals surface area contributed by atoms with Gasteiger partial charge in [0.25, 0.3) is 0 Å². The summed E-state index contributed by atoms with van der Waals surface area (Å²) in [6, 6.07) is 6.38. The van der Waals surface area contributed by atoms with Crippen LogP contribution >= 0.6 is 0 Å². The van der Waals surface area contributed by atoms with Crippen LogP contribution in [0.5, 0.6) is 0 Å². The summed E-state index contributed by atoms with van der Waals surface area (Å²) in [5, 5.41) is 4.61. The number of hydrogen-bond donors (Lipinski definition) is 1. The van der Waals surface area contributed by atoms with E-state index in [2.05, 4.69) is 27.1 Å². The molecular formula is C18H20N6. The van der Waals surface area contributed by atoms with Crippen molar-refractivity contribution in [1.82, 2.24) is 25.3 Å². The fourth-order valence-corrected chi connectivity index (χ4v) is 3.13. The molecule has 4 heterocycles. The van der Waals surface area contributed by atoms with Crippen molar-refractivity contribution in [1.29, 1.82) is 0 Å². The minimum atomic E-state index is 0.495. The molecule has 24 heavy (non-hydrogen) atoms. The van der Waals surface area contributed by atoms with Gasteiger partial charge < -0.3 is 10.2 Å². The molecule has 1 fully saturated rings. The van der Waals surface area contributed by atoms with Crippen LogP contribution in [0.2, 0.25) is 0 Å². The Morgan fingerprint density at radius 1 is 1.12 bits per heavy atom. The summed E-state index contributed by atoms with van der Waals surface area (Å²) in [6.07, 6.45) is 8.26. The molecule has 3 aromatic heterocycles. The predicted molar refractivity (Wildman–Crippen MR) is 94.9 cm³/mol. The Kier molecular flexibility index (Phi) is 4.04. The van der Waals surface area contributed by atoms with Gasteiger partial charge >= 0.3 is 0 Å². The fraction of sp³-hybridized carbons (Fsp3) is 0.333. The first-order valence-corrected chi connectivity index (χ1v) is 8.35. The quantitative estimate of drug-likeness (QED) is 0.798. The maximum absolute atomic E-state index is 4.90. The molecule has 3 aromatic rings. The molecule has 1 aliphatic heterocycles. The molecule has 1 atom stereocenters. The summed E-state index contributed by atoms with van der Waals surface area (Å²) in [6.45, 7) is 5.09. The Hall–Kier alpha value is -2.60. The van der Waals surface area contributed by atoms with E-state index >= 15 is 0 Å². The van der Waals surface area contributed by atoms with Crippen LogP contribution < -0.4 is 10.2 Å². The zero-order chi connectivity index (χ0) is 16.4. The molecule has 1 N–H and O–H groups in total. The topological polar surface area (TPSA) is 66.8 Å². The monoisotopic (exact) mass is 320 g/mol. The highest BCUT2D eigenvalue weighted by Gasteiger charge is 2.22. The largest absolute Gasteiger partial charge is 0.353 e. The average Bonchev–Trinajstić information content (AvgIpc) is 2.68. The molecule has 122 valence electrons. The lowest BCUT2D eigenvalue weighted by Gasteiger charge is -2.34. The Morgan fingerprint density at radius 2 is 1.96 bits per heavy atom. The highest BCUT2D eigenvalue weighted by molar-refractivity contribution is 5.90. The van der Waals surface area contributed by atoms with Crippen molar-refractivity contribution in [2.75, 3.05) is 24.5 Å². The van der Waals surface area contributed by atoms with Crippen LogP contribution in [-0.2, 0) is 0 Å². The summed E-state index contributed by atoms with van der Waals surface area (Å²) in [7, 11) is 0. The van der Waals surface area contributed by atoms with Gasteiger partial charge in [-0.05, 0) is 24.6 Å². The molecule has 0 bridgehead atoms. The summed E-state index contributed by atoms with van der Waals surface area (Å²) in [5.41, 5.74) is 1.85. The maximum atomic E-state index is 4.90. The smallest absolute Gasteiger partial charge is 0.162 e. The molecule has 0 aliphatic carbocycles. The van der Waals surface area contributed by atoms with Crippen LogP contribution in [0.1, 0.15) is 13.3 Å². The SMILES string of the molecule is CC[C@H]1CN(c2nc(-c3ccncc3)nc3cnccc23)CCN1. The van der Waals surface area contributed by atoms with Crippen molar-refractivity contribution >= 4 is 16.7 Å². The number of pyridine rings is 2. The van der Waals surface area contributed by atoms with E-state index in [9.17, 15) is 0 Å². The van der Waals surface area contributed by atoms with Crippen molar-refractivity contribution in [3.05, 3.63) is 43.0 Å². The molecule has 6 nitrogen and oxygen atoms in total. The van der Waals surface area contributed by atoms with E-state index in [0.29, 0.717) is 6.04 Å². The van der Waals surface area contributed by atoms with Crippen LogP contribution in [0.3, 0.4) is 0 Å².